The lowest BCUT2D eigenvalue weighted by Gasteiger charge is -2.13. The monoisotopic (exact) mass is 413 g/mol. The highest BCUT2D eigenvalue weighted by Gasteiger charge is 2.14. The highest BCUT2D eigenvalue weighted by Crippen LogP contribution is 2.20. The number of para-hydroxylation sites is 2. The number of carbonyl (C=O) groups is 1. The molecule has 1 amide bonds. The van der Waals surface area contributed by atoms with Crippen molar-refractivity contribution in [3.63, 3.8) is 0 Å². The van der Waals surface area contributed by atoms with Gasteiger partial charge in [-0.3, -0.25) is 14.2 Å². The van der Waals surface area contributed by atoms with Gasteiger partial charge in [-0.05, 0) is 42.5 Å². The van der Waals surface area contributed by atoms with Crippen LogP contribution in [0.5, 0.6) is 0 Å². The van der Waals surface area contributed by atoms with Crippen molar-refractivity contribution in [3.05, 3.63) is 81.4 Å². The molecule has 4 rings (SSSR count). The summed E-state index contributed by atoms with van der Waals surface area (Å²) in [5.74, 6) is -1.03. The molecule has 2 aromatic carbocycles. The standard InChI is InChI=1S/C19H13BrFN3O2/c20-12-7-8-14(13(21)10-12)22-18(25)11-24-16-5-2-1-4-15(16)23-9-3-6-17(23)19(24)26/h1-10H,11H2,(H,22,25). The summed E-state index contributed by atoms with van der Waals surface area (Å²) in [4.78, 5) is 25.2. The van der Waals surface area contributed by atoms with Crippen molar-refractivity contribution < 1.29 is 9.18 Å². The highest BCUT2D eigenvalue weighted by molar-refractivity contribution is 9.10. The van der Waals surface area contributed by atoms with E-state index in [9.17, 15) is 14.0 Å². The summed E-state index contributed by atoms with van der Waals surface area (Å²) in [5.41, 5.74) is 1.72. The van der Waals surface area contributed by atoms with Crippen molar-refractivity contribution in [1.82, 2.24) is 8.97 Å². The summed E-state index contributed by atoms with van der Waals surface area (Å²) in [6.45, 7) is -0.212. The average Bonchev–Trinajstić information content (AvgIpc) is 3.11. The minimum atomic E-state index is -0.549. The second kappa shape index (κ2) is 6.42. The fourth-order valence-corrected chi connectivity index (χ4v) is 3.32. The summed E-state index contributed by atoms with van der Waals surface area (Å²) < 4.78 is 17.7. The first-order valence-corrected chi connectivity index (χ1v) is 8.67. The van der Waals surface area contributed by atoms with Crippen LogP contribution in [-0.2, 0) is 11.3 Å². The molecule has 0 spiro atoms. The van der Waals surface area contributed by atoms with Gasteiger partial charge in [-0.15, -0.1) is 0 Å². The molecule has 2 heterocycles. The molecule has 0 radical (unpaired) electrons. The smallest absolute Gasteiger partial charge is 0.275 e. The number of benzene rings is 2. The summed E-state index contributed by atoms with van der Waals surface area (Å²) in [6.07, 6.45) is 1.81. The van der Waals surface area contributed by atoms with Crippen LogP contribution in [-0.4, -0.2) is 14.9 Å². The fourth-order valence-electron chi connectivity index (χ4n) is 2.99. The van der Waals surface area contributed by atoms with E-state index in [1.54, 1.807) is 40.9 Å². The van der Waals surface area contributed by atoms with Crippen molar-refractivity contribution in [2.24, 2.45) is 0 Å². The molecule has 0 saturated carbocycles. The molecule has 0 aliphatic heterocycles. The number of nitrogens with one attached hydrogen (secondary N) is 1. The van der Waals surface area contributed by atoms with Crippen LogP contribution in [0, 0.1) is 5.82 Å². The number of carbonyl (C=O) groups excluding carboxylic acids is 1. The van der Waals surface area contributed by atoms with Crippen molar-refractivity contribution in [1.29, 1.82) is 0 Å². The molecular weight excluding hydrogens is 401 g/mol. The zero-order valence-electron chi connectivity index (χ0n) is 13.4. The SMILES string of the molecule is O=C(Cn1c(=O)c2cccn2c2ccccc21)Nc1ccc(Br)cc1F. The lowest BCUT2D eigenvalue weighted by molar-refractivity contribution is -0.116. The van der Waals surface area contributed by atoms with E-state index in [0.29, 0.717) is 15.5 Å². The number of hydrogen-bond donors (Lipinski definition) is 1. The van der Waals surface area contributed by atoms with Gasteiger partial charge in [0, 0.05) is 10.7 Å². The second-order valence-corrected chi connectivity index (χ2v) is 6.73. The lowest BCUT2D eigenvalue weighted by Crippen LogP contribution is -2.29. The maximum absolute atomic E-state index is 13.9. The quantitative estimate of drug-likeness (QED) is 0.555. The molecule has 0 bridgehead atoms. The molecule has 0 unspecified atom stereocenters. The second-order valence-electron chi connectivity index (χ2n) is 5.82. The van der Waals surface area contributed by atoms with Gasteiger partial charge in [-0.1, -0.05) is 28.1 Å². The molecule has 26 heavy (non-hydrogen) atoms. The first kappa shape index (κ1) is 16.5. The molecule has 5 nitrogen and oxygen atoms in total. The third-order valence-corrected chi connectivity index (χ3v) is 4.65. The Morgan fingerprint density at radius 2 is 1.77 bits per heavy atom. The average molecular weight is 414 g/mol. The molecule has 130 valence electrons. The zero-order chi connectivity index (χ0) is 18.3. The van der Waals surface area contributed by atoms with Gasteiger partial charge < -0.3 is 9.72 Å². The van der Waals surface area contributed by atoms with E-state index < -0.39 is 11.7 Å². The molecule has 0 fully saturated rings. The van der Waals surface area contributed by atoms with E-state index in [4.69, 9.17) is 0 Å². The van der Waals surface area contributed by atoms with E-state index in [-0.39, 0.29) is 17.8 Å². The zero-order valence-corrected chi connectivity index (χ0v) is 15.0. The van der Waals surface area contributed by atoms with Gasteiger partial charge in [-0.25, -0.2) is 4.39 Å². The number of rotatable bonds is 3. The predicted molar refractivity (Wildman–Crippen MR) is 102 cm³/mol. The molecule has 0 aliphatic rings. The summed E-state index contributed by atoms with van der Waals surface area (Å²) in [7, 11) is 0. The van der Waals surface area contributed by atoms with E-state index in [0.717, 1.165) is 5.52 Å². The van der Waals surface area contributed by atoms with Crippen LogP contribution in [0.25, 0.3) is 16.6 Å². The van der Waals surface area contributed by atoms with Gasteiger partial charge in [0.2, 0.25) is 5.91 Å². The molecule has 0 aliphatic carbocycles. The molecule has 4 aromatic rings. The molecular formula is C19H13BrFN3O2. The lowest BCUT2D eigenvalue weighted by atomic mass is 10.2. The summed E-state index contributed by atoms with van der Waals surface area (Å²) in [5, 5.41) is 2.52. The Morgan fingerprint density at radius 1 is 1.04 bits per heavy atom. The maximum Gasteiger partial charge on any atom is 0.275 e. The fraction of sp³-hybridized carbons (Fsp3) is 0.0526. The van der Waals surface area contributed by atoms with Crippen LogP contribution in [0.2, 0.25) is 0 Å². The molecule has 1 N–H and O–H groups in total. The Morgan fingerprint density at radius 3 is 2.54 bits per heavy atom. The van der Waals surface area contributed by atoms with Crippen LogP contribution in [0.4, 0.5) is 10.1 Å². The van der Waals surface area contributed by atoms with Gasteiger partial charge in [0.05, 0.1) is 16.7 Å². The van der Waals surface area contributed by atoms with Crippen LogP contribution >= 0.6 is 15.9 Å². The molecule has 0 saturated heterocycles. The normalized spacial score (nSPS) is 11.2. The summed E-state index contributed by atoms with van der Waals surface area (Å²) in [6, 6.07) is 15.2. The Kier molecular flexibility index (Phi) is 4.08. The minimum absolute atomic E-state index is 0.0688. The van der Waals surface area contributed by atoms with Crippen molar-refractivity contribution in [2.75, 3.05) is 5.32 Å². The van der Waals surface area contributed by atoms with E-state index in [1.807, 2.05) is 12.1 Å². The van der Waals surface area contributed by atoms with Gasteiger partial charge in [-0.2, -0.15) is 0 Å². The Bertz CT molecular complexity index is 1210. The van der Waals surface area contributed by atoms with Crippen LogP contribution in [0.1, 0.15) is 0 Å². The Hall–Kier alpha value is -2.93. The number of hydrogen-bond acceptors (Lipinski definition) is 2. The topological polar surface area (TPSA) is 55.5 Å². The van der Waals surface area contributed by atoms with Crippen molar-refractivity contribution in [3.8, 4) is 0 Å². The number of amides is 1. The van der Waals surface area contributed by atoms with Crippen molar-refractivity contribution >= 4 is 44.1 Å². The van der Waals surface area contributed by atoms with Crippen LogP contribution < -0.4 is 10.9 Å². The summed E-state index contributed by atoms with van der Waals surface area (Å²) >= 11 is 3.17. The van der Waals surface area contributed by atoms with Gasteiger partial charge in [0.1, 0.15) is 17.9 Å². The third-order valence-electron chi connectivity index (χ3n) is 4.15. The van der Waals surface area contributed by atoms with Crippen molar-refractivity contribution in [2.45, 2.75) is 6.54 Å². The van der Waals surface area contributed by atoms with Gasteiger partial charge in [0.15, 0.2) is 0 Å². The molecule has 2 aromatic heterocycles. The number of anilines is 1. The third kappa shape index (κ3) is 2.80. The highest BCUT2D eigenvalue weighted by atomic mass is 79.9. The predicted octanol–water partition coefficient (Wildman–Crippen LogP) is 3.79. The van der Waals surface area contributed by atoms with E-state index in [1.165, 1.54) is 16.7 Å². The largest absolute Gasteiger partial charge is 0.322 e. The first-order chi connectivity index (χ1) is 12.5. The number of nitrogens with zero attached hydrogens (tertiary/aromatic N) is 2. The Labute approximate surface area is 155 Å². The number of halogens is 2. The van der Waals surface area contributed by atoms with Crippen LogP contribution in [0.3, 0.4) is 0 Å². The minimum Gasteiger partial charge on any atom is -0.322 e. The Balaban J connectivity index is 1.75. The van der Waals surface area contributed by atoms with E-state index >= 15 is 0 Å². The van der Waals surface area contributed by atoms with E-state index in [2.05, 4.69) is 21.2 Å². The number of fused-ring (bicyclic) bond motifs is 3. The van der Waals surface area contributed by atoms with Crippen LogP contribution in [0.15, 0.2) is 70.1 Å². The molecule has 7 heteroatoms. The first-order valence-electron chi connectivity index (χ1n) is 7.88. The van der Waals surface area contributed by atoms with Gasteiger partial charge >= 0.3 is 0 Å². The number of aromatic nitrogens is 2. The van der Waals surface area contributed by atoms with Gasteiger partial charge in [0.25, 0.3) is 5.56 Å². The molecule has 0 atom stereocenters. The maximum atomic E-state index is 13.9.